The number of nitrogen functional groups attached to an aromatic ring is 1. The number of anilines is 1. The number of esters is 1. The number of benzene rings is 1. The molecule has 2 aromatic heterocycles. The van der Waals surface area contributed by atoms with Gasteiger partial charge in [-0.3, -0.25) is 0 Å². The molecule has 0 unspecified atom stereocenters. The van der Waals surface area contributed by atoms with Crippen molar-refractivity contribution in [1.82, 2.24) is 4.98 Å². The Morgan fingerprint density at radius 1 is 1.30 bits per heavy atom. The molecule has 4 nitrogen and oxygen atoms in total. The Morgan fingerprint density at radius 3 is 2.70 bits per heavy atom. The van der Waals surface area contributed by atoms with E-state index >= 15 is 0 Å². The second-order valence-corrected chi connectivity index (χ2v) is 7.65. The van der Waals surface area contributed by atoms with E-state index in [4.69, 9.17) is 15.5 Å². The number of hydrogen-bond acceptors (Lipinski definition) is 7. The van der Waals surface area contributed by atoms with Crippen molar-refractivity contribution < 1.29 is 9.53 Å². The Morgan fingerprint density at radius 2 is 2.04 bits per heavy atom. The molecule has 0 aliphatic rings. The SMILES string of the molecule is COC(=O)c1cc(-c2nc(-c3ccc(N)cc3)cs2)c(SC)s1. The second kappa shape index (κ2) is 6.74. The first-order valence-corrected chi connectivity index (χ1v) is 9.62. The molecule has 0 aliphatic heterocycles. The summed E-state index contributed by atoms with van der Waals surface area (Å²) in [5.41, 5.74) is 9.36. The van der Waals surface area contributed by atoms with Crippen LogP contribution in [0.4, 0.5) is 5.69 Å². The molecule has 0 spiro atoms. The third kappa shape index (κ3) is 3.26. The average molecular weight is 363 g/mol. The van der Waals surface area contributed by atoms with Crippen LogP contribution in [0.15, 0.2) is 39.9 Å². The van der Waals surface area contributed by atoms with Gasteiger partial charge in [0.15, 0.2) is 0 Å². The third-order valence-electron chi connectivity index (χ3n) is 3.21. The summed E-state index contributed by atoms with van der Waals surface area (Å²) in [4.78, 5) is 17.0. The van der Waals surface area contributed by atoms with Gasteiger partial charge in [-0.25, -0.2) is 9.78 Å². The van der Waals surface area contributed by atoms with Gasteiger partial charge in [-0.05, 0) is 24.5 Å². The first-order valence-electron chi connectivity index (χ1n) is 6.70. The fourth-order valence-corrected chi connectivity index (χ4v) is 4.83. The fourth-order valence-electron chi connectivity index (χ4n) is 2.06. The van der Waals surface area contributed by atoms with Crippen molar-refractivity contribution >= 4 is 46.1 Å². The molecule has 0 saturated carbocycles. The predicted molar refractivity (Wildman–Crippen MR) is 98.4 cm³/mol. The number of carbonyl (C=O) groups is 1. The maximum atomic E-state index is 11.7. The van der Waals surface area contributed by atoms with E-state index in [9.17, 15) is 4.79 Å². The molecule has 1 aromatic carbocycles. The van der Waals surface area contributed by atoms with Crippen LogP contribution in [0.2, 0.25) is 0 Å². The van der Waals surface area contributed by atoms with Crippen LogP contribution in [0.25, 0.3) is 21.8 Å². The number of nitrogens with zero attached hydrogens (tertiary/aromatic N) is 1. The van der Waals surface area contributed by atoms with Crippen LogP contribution in [-0.4, -0.2) is 24.3 Å². The van der Waals surface area contributed by atoms with Crippen molar-refractivity contribution in [1.29, 1.82) is 0 Å². The predicted octanol–water partition coefficient (Wildman–Crippen LogP) is 4.63. The van der Waals surface area contributed by atoms with Crippen molar-refractivity contribution in [3.63, 3.8) is 0 Å². The summed E-state index contributed by atoms with van der Waals surface area (Å²) < 4.78 is 5.86. The smallest absolute Gasteiger partial charge is 0.348 e. The molecular formula is C16H14N2O2S3. The highest BCUT2D eigenvalue weighted by Crippen LogP contribution is 2.40. The van der Waals surface area contributed by atoms with Gasteiger partial charge in [-0.2, -0.15) is 0 Å². The average Bonchev–Trinajstić information content (AvgIpc) is 3.21. The largest absolute Gasteiger partial charge is 0.465 e. The highest BCUT2D eigenvalue weighted by atomic mass is 32.2. The van der Waals surface area contributed by atoms with E-state index in [2.05, 4.69) is 0 Å². The van der Waals surface area contributed by atoms with Gasteiger partial charge in [0.05, 0.1) is 17.0 Å². The molecule has 0 aliphatic carbocycles. The lowest BCUT2D eigenvalue weighted by Crippen LogP contribution is -1.96. The molecule has 0 bridgehead atoms. The van der Waals surface area contributed by atoms with E-state index in [1.807, 2.05) is 42.0 Å². The summed E-state index contributed by atoms with van der Waals surface area (Å²) in [7, 11) is 1.39. The van der Waals surface area contributed by atoms with Crippen LogP contribution >= 0.6 is 34.4 Å². The molecule has 23 heavy (non-hydrogen) atoms. The highest BCUT2D eigenvalue weighted by Gasteiger charge is 2.18. The van der Waals surface area contributed by atoms with Gasteiger partial charge in [-0.15, -0.1) is 34.4 Å². The number of thiazole rings is 1. The minimum Gasteiger partial charge on any atom is -0.465 e. The Hall–Kier alpha value is -1.83. The Bertz CT molecular complexity index is 837. The summed E-state index contributed by atoms with van der Waals surface area (Å²) in [6.07, 6.45) is 1.99. The quantitative estimate of drug-likeness (QED) is 0.416. The molecule has 7 heteroatoms. The van der Waals surface area contributed by atoms with E-state index in [-0.39, 0.29) is 5.97 Å². The maximum absolute atomic E-state index is 11.7. The lowest BCUT2D eigenvalue weighted by molar-refractivity contribution is 0.0606. The highest BCUT2D eigenvalue weighted by molar-refractivity contribution is 8.00. The van der Waals surface area contributed by atoms with Crippen LogP contribution in [0, 0.1) is 0 Å². The Kier molecular flexibility index (Phi) is 4.70. The minimum atomic E-state index is -0.313. The number of thiophene rings is 1. The molecule has 0 fully saturated rings. The zero-order valence-electron chi connectivity index (χ0n) is 12.5. The summed E-state index contributed by atoms with van der Waals surface area (Å²) >= 11 is 4.60. The van der Waals surface area contributed by atoms with E-state index in [0.717, 1.165) is 31.7 Å². The molecule has 3 rings (SSSR count). The normalized spacial score (nSPS) is 10.7. The number of thioether (sulfide) groups is 1. The number of methoxy groups -OCH3 is 1. The molecule has 0 saturated heterocycles. The molecular weight excluding hydrogens is 348 g/mol. The summed E-state index contributed by atoms with van der Waals surface area (Å²) in [5.74, 6) is -0.313. The maximum Gasteiger partial charge on any atom is 0.348 e. The monoisotopic (exact) mass is 362 g/mol. The van der Waals surface area contributed by atoms with Crippen LogP contribution in [0.3, 0.4) is 0 Å². The van der Waals surface area contributed by atoms with E-state index in [1.165, 1.54) is 18.4 Å². The fraction of sp³-hybridized carbons (Fsp3) is 0.125. The van der Waals surface area contributed by atoms with Gasteiger partial charge in [0.1, 0.15) is 9.88 Å². The van der Waals surface area contributed by atoms with Crippen LogP contribution < -0.4 is 5.73 Å². The molecule has 2 heterocycles. The number of ether oxygens (including phenoxy) is 1. The van der Waals surface area contributed by atoms with Crippen molar-refractivity contribution in [2.75, 3.05) is 19.1 Å². The molecule has 0 atom stereocenters. The standard InChI is InChI=1S/C16H14N2O2S3/c1-20-15(19)13-7-11(16(21-2)23-13)14-18-12(8-22-14)9-3-5-10(17)6-4-9/h3-8H,17H2,1-2H3. The lowest BCUT2D eigenvalue weighted by Gasteiger charge is -1.98. The van der Waals surface area contributed by atoms with Crippen LogP contribution in [-0.2, 0) is 4.74 Å². The lowest BCUT2D eigenvalue weighted by atomic mass is 10.1. The zero-order valence-corrected chi connectivity index (χ0v) is 15.0. The van der Waals surface area contributed by atoms with Gasteiger partial charge in [0.25, 0.3) is 0 Å². The molecule has 0 amide bonds. The molecule has 0 radical (unpaired) electrons. The molecule has 2 N–H and O–H groups in total. The van der Waals surface area contributed by atoms with E-state index in [1.54, 1.807) is 23.1 Å². The Balaban J connectivity index is 1.98. The number of carbonyl (C=O) groups excluding carboxylic acids is 1. The van der Waals surface area contributed by atoms with Gasteiger partial charge >= 0.3 is 5.97 Å². The van der Waals surface area contributed by atoms with E-state index < -0.39 is 0 Å². The van der Waals surface area contributed by atoms with Crippen LogP contribution in [0.5, 0.6) is 0 Å². The van der Waals surface area contributed by atoms with Crippen molar-refractivity contribution in [3.05, 3.63) is 40.6 Å². The van der Waals surface area contributed by atoms with Crippen molar-refractivity contribution in [3.8, 4) is 21.8 Å². The molecule has 118 valence electrons. The molecule has 3 aromatic rings. The van der Waals surface area contributed by atoms with Gasteiger partial charge in [0.2, 0.25) is 0 Å². The second-order valence-electron chi connectivity index (χ2n) is 4.67. The Labute approximate surface area is 146 Å². The zero-order chi connectivity index (χ0) is 16.4. The number of aromatic nitrogens is 1. The first-order chi connectivity index (χ1) is 11.1. The van der Waals surface area contributed by atoms with Gasteiger partial charge in [0, 0.05) is 22.2 Å². The van der Waals surface area contributed by atoms with Gasteiger partial charge in [-0.1, -0.05) is 12.1 Å². The number of nitrogens with two attached hydrogens (primary N) is 1. The van der Waals surface area contributed by atoms with Crippen LogP contribution in [0.1, 0.15) is 9.67 Å². The first kappa shape index (κ1) is 16.0. The van der Waals surface area contributed by atoms with Crippen molar-refractivity contribution in [2.45, 2.75) is 4.21 Å². The topological polar surface area (TPSA) is 65.2 Å². The third-order valence-corrected chi connectivity index (χ3v) is 6.34. The van der Waals surface area contributed by atoms with E-state index in [0.29, 0.717) is 4.88 Å². The van der Waals surface area contributed by atoms with Crippen molar-refractivity contribution in [2.24, 2.45) is 0 Å². The minimum absolute atomic E-state index is 0.313. The summed E-state index contributed by atoms with van der Waals surface area (Å²) in [6, 6.07) is 9.49. The summed E-state index contributed by atoms with van der Waals surface area (Å²) in [6.45, 7) is 0. The van der Waals surface area contributed by atoms with Gasteiger partial charge < -0.3 is 10.5 Å². The summed E-state index contributed by atoms with van der Waals surface area (Å²) in [5, 5.41) is 2.91. The number of hydrogen-bond donors (Lipinski definition) is 1. The number of rotatable bonds is 4.